The van der Waals surface area contributed by atoms with Crippen molar-refractivity contribution in [1.82, 2.24) is 5.32 Å². The molecule has 1 aliphatic rings. The smallest absolute Gasteiger partial charge is 0.255 e. The molecular weight excluding hydrogens is 398 g/mol. The minimum Gasteiger partial charge on any atom is -0.338 e. The summed E-state index contributed by atoms with van der Waals surface area (Å²) in [4.78, 5) is 17.7. The van der Waals surface area contributed by atoms with Gasteiger partial charge in [-0.2, -0.15) is 0 Å². The molecule has 0 bridgehead atoms. The van der Waals surface area contributed by atoms with Crippen molar-refractivity contribution in [2.45, 2.75) is 13.0 Å². The van der Waals surface area contributed by atoms with Crippen LogP contribution in [0.4, 0.5) is 5.69 Å². The highest BCUT2D eigenvalue weighted by molar-refractivity contribution is 9.10. The Morgan fingerprint density at radius 1 is 1.16 bits per heavy atom. The third kappa shape index (κ3) is 4.14. The van der Waals surface area contributed by atoms with Crippen LogP contribution in [0, 0.1) is 0 Å². The molecule has 0 spiro atoms. The molecule has 25 heavy (non-hydrogen) atoms. The second-order valence-corrected chi connectivity index (χ2v) is 7.29. The number of halogens is 1. The van der Waals surface area contributed by atoms with Gasteiger partial charge in [-0.15, -0.1) is 0 Å². The quantitative estimate of drug-likeness (QED) is 0.761. The number of rotatable bonds is 3. The van der Waals surface area contributed by atoms with E-state index in [1.54, 1.807) is 0 Å². The molecule has 2 aromatic carbocycles. The van der Waals surface area contributed by atoms with Crippen LogP contribution in [0.2, 0.25) is 0 Å². The van der Waals surface area contributed by atoms with Gasteiger partial charge in [0.1, 0.15) is 6.04 Å². The minimum atomic E-state index is -0.333. The van der Waals surface area contributed by atoms with Crippen LogP contribution in [-0.2, 0) is 4.79 Å². The van der Waals surface area contributed by atoms with Crippen molar-refractivity contribution in [3.63, 3.8) is 0 Å². The van der Waals surface area contributed by atoms with E-state index in [1.165, 1.54) is 11.8 Å². The molecule has 0 radical (unpaired) electrons. The Labute approximate surface area is 159 Å². The molecule has 0 aliphatic carbocycles. The van der Waals surface area contributed by atoms with Gasteiger partial charge in [0.25, 0.3) is 5.91 Å². The molecule has 3 rings (SSSR count). The lowest BCUT2D eigenvalue weighted by Gasteiger charge is -2.26. The van der Waals surface area contributed by atoms with Crippen LogP contribution in [0.1, 0.15) is 18.5 Å². The van der Waals surface area contributed by atoms with Crippen LogP contribution in [0.3, 0.4) is 0 Å². The maximum absolute atomic E-state index is 12.9. The summed E-state index contributed by atoms with van der Waals surface area (Å²) >= 11 is 4.98. The molecule has 0 saturated heterocycles. The molecular formula is C19H18BrN3OS. The molecule has 1 aliphatic heterocycles. The molecule has 128 valence electrons. The number of nitrogens with zero attached hydrogens (tertiary/aromatic N) is 1. The highest BCUT2D eigenvalue weighted by atomic mass is 79.9. The summed E-state index contributed by atoms with van der Waals surface area (Å²) in [6.45, 7) is 1.91. The summed E-state index contributed by atoms with van der Waals surface area (Å²) in [5.41, 5.74) is 3.19. The van der Waals surface area contributed by atoms with E-state index >= 15 is 0 Å². The van der Waals surface area contributed by atoms with Crippen molar-refractivity contribution in [2.24, 2.45) is 4.99 Å². The molecule has 0 unspecified atom stereocenters. The van der Waals surface area contributed by atoms with Crippen LogP contribution >= 0.6 is 27.7 Å². The number of carbonyl (C=O) groups is 1. The standard InChI is InChI=1S/C19H18BrN3OS/c1-12-16(18(24)22-15-6-4-3-5-7-15)17(23-19(21-12)25-2)13-8-10-14(20)11-9-13/h3-11,17H,1-2H3,(H,21,23)(H,22,24)/t17-/m0/s1. The molecule has 0 saturated carbocycles. The molecule has 1 amide bonds. The van der Waals surface area contributed by atoms with Crippen molar-refractivity contribution >= 4 is 44.5 Å². The van der Waals surface area contributed by atoms with Crippen LogP contribution < -0.4 is 10.6 Å². The van der Waals surface area contributed by atoms with Crippen LogP contribution in [-0.4, -0.2) is 17.3 Å². The highest BCUT2D eigenvalue weighted by Gasteiger charge is 2.29. The van der Waals surface area contributed by atoms with E-state index in [9.17, 15) is 4.79 Å². The number of benzene rings is 2. The predicted molar refractivity (Wildman–Crippen MR) is 109 cm³/mol. The first-order valence-electron chi connectivity index (χ1n) is 7.80. The summed E-state index contributed by atoms with van der Waals surface area (Å²) in [7, 11) is 0. The first-order valence-corrected chi connectivity index (χ1v) is 9.81. The number of para-hydroxylation sites is 1. The Balaban J connectivity index is 1.96. The first kappa shape index (κ1) is 17.8. The van der Waals surface area contributed by atoms with E-state index in [4.69, 9.17) is 4.99 Å². The van der Waals surface area contributed by atoms with Crippen LogP contribution in [0.25, 0.3) is 0 Å². The third-order valence-corrected chi connectivity index (χ3v) is 5.00. The summed E-state index contributed by atoms with van der Waals surface area (Å²) < 4.78 is 0.996. The lowest BCUT2D eigenvalue weighted by Crippen LogP contribution is -2.31. The predicted octanol–water partition coefficient (Wildman–Crippen LogP) is 4.73. The number of aliphatic imine (C=N–C) groups is 1. The number of thioether (sulfide) groups is 1. The zero-order valence-corrected chi connectivity index (χ0v) is 16.3. The van der Waals surface area contributed by atoms with Crippen molar-refractivity contribution in [1.29, 1.82) is 0 Å². The highest BCUT2D eigenvalue weighted by Crippen LogP contribution is 2.33. The van der Waals surface area contributed by atoms with Gasteiger partial charge in [-0.25, -0.2) is 4.99 Å². The van der Waals surface area contributed by atoms with Crippen molar-refractivity contribution < 1.29 is 4.79 Å². The van der Waals surface area contributed by atoms with Crippen molar-refractivity contribution in [2.75, 3.05) is 11.6 Å². The second-order valence-electron chi connectivity index (χ2n) is 5.58. The fraction of sp³-hybridized carbons (Fsp3) is 0.158. The molecule has 4 nitrogen and oxygen atoms in total. The van der Waals surface area contributed by atoms with Crippen molar-refractivity contribution in [3.05, 3.63) is 75.9 Å². The first-order chi connectivity index (χ1) is 12.1. The second kappa shape index (κ2) is 7.89. The normalized spacial score (nSPS) is 16.9. The van der Waals surface area contributed by atoms with Gasteiger partial charge in [0.2, 0.25) is 0 Å². The van der Waals surface area contributed by atoms with E-state index in [1.807, 2.05) is 67.8 Å². The summed E-state index contributed by atoms with van der Waals surface area (Å²) in [5, 5.41) is 6.99. The van der Waals surface area contributed by atoms with Crippen molar-refractivity contribution in [3.8, 4) is 0 Å². The number of carbonyl (C=O) groups excluding carboxylic acids is 1. The topological polar surface area (TPSA) is 53.5 Å². The number of allylic oxidation sites excluding steroid dienone is 1. The molecule has 2 aromatic rings. The van der Waals surface area contributed by atoms with Gasteiger partial charge in [0, 0.05) is 15.9 Å². The number of hydrogen-bond donors (Lipinski definition) is 2. The molecule has 2 N–H and O–H groups in total. The van der Waals surface area contributed by atoms with E-state index in [0.717, 1.165) is 26.6 Å². The molecule has 0 fully saturated rings. The summed E-state index contributed by atoms with van der Waals surface area (Å²) in [6, 6.07) is 17.0. The average molecular weight is 416 g/mol. The number of hydrogen-bond acceptors (Lipinski definition) is 4. The van der Waals surface area contributed by atoms with E-state index < -0.39 is 0 Å². The number of anilines is 1. The maximum Gasteiger partial charge on any atom is 0.255 e. The van der Waals surface area contributed by atoms with E-state index in [0.29, 0.717) is 5.57 Å². The Morgan fingerprint density at radius 2 is 1.84 bits per heavy atom. The molecule has 1 atom stereocenters. The van der Waals surface area contributed by atoms with Gasteiger partial charge in [-0.3, -0.25) is 4.79 Å². The van der Waals surface area contributed by atoms with E-state index in [2.05, 4.69) is 26.6 Å². The Kier molecular flexibility index (Phi) is 5.60. The van der Waals surface area contributed by atoms with Gasteiger partial charge in [0.05, 0.1) is 5.57 Å². The lowest BCUT2D eigenvalue weighted by atomic mass is 9.96. The van der Waals surface area contributed by atoms with Gasteiger partial charge in [0.15, 0.2) is 5.17 Å². The molecule has 0 aromatic heterocycles. The Bertz CT molecular complexity index is 832. The third-order valence-electron chi connectivity index (χ3n) is 3.87. The van der Waals surface area contributed by atoms with Gasteiger partial charge >= 0.3 is 0 Å². The van der Waals surface area contributed by atoms with Crippen LogP contribution in [0.5, 0.6) is 0 Å². The van der Waals surface area contributed by atoms with Gasteiger partial charge < -0.3 is 10.6 Å². The number of amidine groups is 1. The fourth-order valence-electron chi connectivity index (χ4n) is 2.65. The lowest BCUT2D eigenvalue weighted by molar-refractivity contribution is -0.113. The minimum absolute atomic E-state index is 0.145. The summed E-state index contributed by atoms with van der Waals surface area (Å²) in [5.74, 6) is -0.145. The van der Waals surface area contributed by atoms with Crippen LogP contribution in [0.15, 0.2) is 75.3 Å². The van der Waals surface area contributed by atoms with Gasteiger partial charge in [-0.1, -0.05) is 58.0 Å². The maximum atomic E-state index is 12.9. The zero-order chi connectivity index (χ0) is 17.8. The molecule has 6 heteroatoms. The van der Waals surface area contributed by atoms with E-state index in [-0.39, 0.29) is 11.9 Å². The number of nitrogens with one attached hydrogen (secondary N) is 2. The summed E-state index contributed by atoms with van der Waals surface area (Å²) in [6.07, 6.45) is 1.97. The van der Waals surface area contributed by atoms with Gasteiger partial charge in [-0.05, 0) is 43.0 Å². The molecule has 1 heterocycles. The average Bonchev–Trinajstić information content (AvgIpc) is 2.62. The monoisotopic (exact) mass is 415 g/mol. The Hall–Kier alpha value is -2.05. The zero-order valence-electron chi connectivity index (χ0n) is 13.9. The largest absolute Gasteiger partial charge is 0.338 e. The Morgan fingerprint density at radius 3 is 2.48 bits per heavy atom. The SMILES string of the molecule is CSC1=N[C@@H](c2ccc(Br)cc2)C(C(=O)Nc2ccccc2)=C(C)N1. The fourth-order valence-corrected chi connectivity index (χ4v) is 3.38. The number of amides is 1.